The van der Waals surface area contributed by atoms with E-state index in [1.165, 1.54) is 9.47 Å². The van der Waals surface area contributed by atoms with E-state index in [2.05, 4.69) is 10.4 Å². The first-order valence-corrected chi connectivity index (χ1v) is 9.32. The quantitative estimate of drug-likeness (QED) is 0.748. The monoisotopic (exact) mass is 431 g/mol. The van der Waals surface area contributed by atoms with E-state index in [0.717, 1.165) is 10.7 Å². The zero-order valence-corrected chi connectivity index (χ0v) is 15.6. The first kappa shape index (κ1) is 20.5. The molecule has 0 saturated carbocycles. The van der Waals surface area contributed by atoms with Gasteiger partial charge in [0.25, 0.3) is 0 Å². The van der Waals surface area contributed by atoms with E-state index in [0.29, 0.717) is 12.1 Å². The summed E-state index contributed by atoms with van der Waals surface area (Å²) < 4.78 is 67.9. The van der Waals surface area contributed by atoms with Crippen LogP contribution in [0.3, 0.4) is 0 Å². The normalized spacial score (nSPS) is 21.7. The number of carbonyl (C=O) groups excluding carboxylic acids is 1. The van der Waals surface area contributed by atoms with Gasteiger partial charge in [-0.25, -0.2) is 18.3 Å². The minimum atomic E-state index is -4.87. The predicted octanol–water partition coefficient (Wildman–Crippen LogP) is 1.47. The number of amides is 1. The number of hydrogen-bond acceptors (Lipinski definition) is 4. The van der Waals surface area contributed by atoms with Gasteiger partial charge in [-0.3, -0.25) is 9.36 Å². The Balaban J connectivity index is 1.63. The molecule has 0 radical (unpaired) electrons. The number of aromatic nitrogens is 3. The Morgan fingerprint density at radius 2 is 2.07 bits per heavy atom. The number of nitrogens with one attached hydrogen (secondary N) is 1. The van der Waals surface area contributed by atoms with Gasteiger partial charge in [-0.05, 0) is 24.1 Å². The molecule has 0 aliphatic carbocycles. The Bertz CT molecular complexity index is 1030. The van der Waals surface area contributed by atoms with Gasteiger partial charge in [0.1, 0.15) is 23.9 Å². The molecule has 2 aliphatic heterocycles. The van der Waals surface area contributed by atoms with E-state index in [1.54, 1.807) is 0 Å². The molecule has 3 heterocycles. The number of halogens is 5. The number of hydrogen-bond donors (Lipinski definition) is 1. The molecule has 1 aromatic heterocycles. The van der Waals surface area contributed by atoms with Crippen LogP contribution >= 0.6 is 0 Å². The number of rotatable bonds is 3. The lowest BCUT2D eigenvalue weighted by Gasteiger charge is -2.27. The molecule has 4 rings (SSSR count). The highest BCUT2D eigenvalue weighted by Gasteiger charge is 2.37. The number of alkyl halides is 4. The lowest BCUT2D eigenvalue weighted by atomic mass is 10.1. The summed E-state index contributed by atoms with van der Waals surface area (Å²) >= 11 is 0. The highest BCUT2D eigenvalue weighted by atomic mass is 19.4. The molecule has 1 amide bonds. The Morgan fingerprint density at radius 1 is 1.30 bits per heavy atom. The SMILES string of the molecule is O=C(C1CNCc2nn(Cc3ccc(F)c(C(F)(F)F)c3)c(=O)n21)N1CC[C@H](F)C1. The van der Waals surface area contributed by atoms with Crippen molar-refractivity contribution in [3.8, 4) is 0 Å². The van der Waals surface area contributed by atoms with E-state index in [4.69, 9.17) is 0 Å². The van der Waals surface area contributed by atoms with E-state index in [-0.39, 0.29) is 50.5 Å². The number of likely N-dealkylation sites (tertiary alicyclic amines) is 1. The number of fused-ring (bicyclic) bond motifs is 1. The molecule has 1 N–H and O–H groups in total. The molecule has 0 spiro atoms. The van der Waals surface area contributed by atoms with E-state index < -0.39 is 41.4 Å². The van der Waals surface area contributed by atoms with E-state index >= 15 is 0 Å². The third-order valence-electron chi connectivity index (χ3n) is 5.27. The lowest BCUT2D eigenvalue weighted by molar-refractivity contribution is -0.140. The first-order valence-electron chi connectivity index (χ1n) is 9.32. The number of benzene rings is 1. The van der Waals surface area contributed by atoms with Gasteiger partial charge in [0, 0.05) is 13.1 Å². The molecule has 2 aromatic rings. The molecular weight excluding hydrogens is 413 g/mol. The summed E-state index contributed by atoms with van der Waals surface area (Å²) in [5.41, 5.74) is -2.06. The molecule has 1 unspecified atom stereocenters. The average molecular weight is 431 g/mol. The van der Waals surface area contributed by atoms with Gasteiger partial charge < -0.3 is 10.2 Å². The van der Waals surface area contributed by atoms with Gasteiger partial charge in [0.2, 0.25) is 5.91 Å². The summed E-state index contributed by atoms with van der Waals surface area (Å²) in [6.45, 7) is 0.238. The van der Waals surface area contributed by atoms with Gasteiger partial charge in [-0.2, -0.15) is 18.3 Å². The second-order valence-electron chi connectivity index (χ2n) is 7.36. The summed E-state index contributed by atoms with van der Waals surface area (Å²) in [7, 11) is 0. The molecule has 2 atom stereocenters. The van der Waals surface area contributed by atoms with Crippen molar-refractivity contribution in [1.82, 2.24) is 24.6 Å². The van der Waals surface area contributed by atoms with Crippen LogP contribution in [0.4, 0.5) is 22.0 Å². The summed E-state index contributed by atoms with van der Waals surface area (Å²) in [4.78, 5) is 27.0. The van der Waals surface area contributed by atoms with Crippen molar-refractivity contribution in [3.05, 3.63) is 51.5 Å². The minimum Gasteiger partial charge on any atom is -0.338 e. The lowest BCUT2D eigenvalue weighted by Crippen LogP contribution is -2.47. The van der Waals surface area contributed by atoms with Crippen molar-refractivity contribution in [2.45, 2.75) is 37.9 Å². The van der Waals surface area contributed by atoms with E-state index in [1.807, 2.05) is 0 Å². The first-order chi connectivity index (χ1) is 14.1. The highest BCUT2D eigenvalue weighted by molar-refractivity contribution is 5.81. The van der Waals surface area contributed by atoms with Crippen LogP contribution in [0.5, 0.6) is 0 Å². The minimum absolute atomic E-state index is 0.0383. The Morgan fingerprint density at radius 3 is 2.73 bits per heavy atom. The van der Waals surface area contributed by atoms with Crippen molar-refractivity contribution in [1.29, 1.82) is 0 Å². The van der Waals surface area contributed by atoms with Crippen molar-refractivity contribution in [2.24, 2.45) is 0 Å². The van der Waals surface area contributed by atoms with Gasteiger partial charge >= 0.3 is 11.9 Å². The molecule has 7 nitrogen and oxygen atoms in total. The maximum atomic E-state index is 13.5. The molecule has 162 valence electrons. The van der Waals surface area contributed by atoms with Gasteiger partial charge in [0.15, 0.2) is 0 Å². The van der Waals surface area contributed by atoms with Crippen LogP contribution in [-0.2, 0) is 24.1 Å². The Kier molecular flexibility index (Phi) is 5.12. The van der Waals surface area contributed by atoms with Crippen molar-refractivity contribution in [3.63, 3.8) is 0 Å². The van der Waals surface area contributed by atoms with Gasteiger partial charge in [0.05, 0.1) is 25.2 Å². The fourth-order valence-corrected chi connectivity index (χ4v) is 3.80. The van der Waals surface area contributed by atoms with Crippen LogP contribution in [0.2, 0.25) is 0 Å². The largest absolute Gasteiger partial charge is 0.419 e. The summed E-state index contributed by atoms with van der Waals surface area (Å²) in [5, 5.41) is 7.09. The van der Waals surface area contributed by atoms with Crippen LogP contribution in [0.25, 0.3) is 0 Å². The smallest absolute Gasteiger partial charge is 0.338 e. The van der Waals surface area contributed by atoms with Crippen LogP contribution in [0, 0.1) is 5.82 Å². The summed E-state index contributed by atoms with van der Waals surface area (Å²) in [6.07, 6.45) is -5.74. The molecule has 2 aliphatic rings. The third-order valence-corrected chi connectivity index (χ3v) is 5.27. The van der Waals surface area contributed by atoms with E-state index in [9.17, 15) is 31.5 Å². The topological polar surface area (TPSA) is 72.2 Å². The molecule has 0 bridgehead atoms. The van der Waals surface area contributed by atoms with Crippen LogP contribution < -0.4 is 11.0 Å². The van der Waals surface area contributed by atoms with Crippen LogP contribution in [0.15, 0.2) is 23.0 Å². The average Bonchev–Trinajstić information content (AvgIpc) is 3.25. The van der Waals surface area contributed by atoms with Crippen molar-refractivity contribution in [2.75, 3.05) is 19.6 Å². The van der Waals surface area contributed by atoms with Crippen LogP contribution in [0.1, 0.15) is 29.4 Å². The van der Waals surface area contributed by atoms with Gasteiger partial charge in [-0.15, -0.1) is 0 Å². The van der Waals surface area contributed by atoms with Gasteiger partial charge in [-0.1, -0.05) is 6.07 Å². The zero-order chi connectivity index (χ0) is 21.6. The predicted molar refractivity (Wildman–Crippen MR) is 93.8 cm³/mol. The Hall–Kier alpha value is -2.76. The fourth-order valence-electron chi connectivity index (χ4n) is 3.80. The second kappa shape index (κ2) is 7.49. The molecular formula is C18H18F5N5O2. The molecule has 1 saturated heterocycles. The molecule has 1 fully saturated rings. The maximum absolute atomic E-state index is 13.5. The highest BCUT2D eigenvalue weighted by Crippen LogP contribution is 2.32. The maximum Gasteiger partial charge on any atom is 0.419 e. The Labute approximate surface area is 167 Å². The molecule has 30 heavy (non-hydrogen) atoms. The third kappa shape index (κ3) is 3.71. The summed E-state index contributed by atoms with van der Waals surface area (Å²) in [5.74, 6) is -1.57. The standard InChI is InChI=1S/C18H18F5N5O2/c19-11-3-4-26(9-11)16(29)14-6-24-7-15-25-27(17(30)28(14)15)8-10-1-2-13(20)12(5-10)18(21,22)23/h1-2,5,11,14,24H,3-4,6-9H2/t11-,14?/m0/s1. The number of carbonyl (C=O) groups is 1. The summed E-state index contributed by atoms with van der Waals surface area (Å²) in [6, 6.07) is 1.54. The van der Waals surface area contributed by atoms with Crippen LogP contribution in [-0.4, -0.2) is 51.0 Å². The second-order valence-corrected chi connectivity index (χ2v) is 7.36. The molecule has 12 heteroatoms. The van der Waals surface area contributed by atoms with Crippen molar-refractivity contribution >= 4 is 5.91 Å². The van der Waals surface area contributed by atoms with Crippen molar-refractivity contribution < 1.29 is 26.7 Å². The number of nitrogens with zero attached hydrogens (tertiary/aromatic N) is 4. The fraction of sp³-hybridized carbons (Fsp3) is 0.500. The molecule has 1 aromatic carbocycles. The zero-order valence-electron chi connectivity index (χ0n) is 15.6.